The van der Waals surface area contributed by atoms with E-state index >= 15 is 0 Å². The average Bonchev–Trinajstić information content (AvgIpc) is 2.54. The summed E-state index contributed by atoms with van der Waals surface area (Å²) in [6, 6.07) is 3.92. The Labute approximate surface area is 81.8 Å². The third kappa shape index (κ3) is 2.27. The van der Waals surface area contributed by atoms with Crippen molar-refractivity contribution >= 4 is 11.5 Å². The van der Waals surface area contributed by atoms with E-state index < -0.39 is 6.10 Å². The van der Waals surface area contributed by atoms with Crippen molar-refractivity contribution in [3.05, 3.63) is 16.6 Å². The highest BCUT2D eigenvalue weighted by atomic mass is 32.1. The number of aryl methyl sites for hydroxylation is 1. The summed E-state index contributed by atoms with van der Waals surface area (Å²) in [7, 11) is 0. The Balaban J connectivity index is 2.78. The minimum Gasteiger partial charge on any atom is -0.386 e. The van der Waals surface area contributed by atoms with Gasteiger partial charge in [0.1, 0.15) is 6.10 Å². The molecule has 3 nitrogen and oxygen atoms in total. The first-order chi connectivity index (χ1) is 6.19. The van der Waals surface area contributed by atoms with Gasteiger partial charge in [0.15, 0.2) is 0 Å². The molecule has 1 N–H and O–H groups in total. The second-order valence-electron chi connectivity index (χ2n) is 2.96. The fourth-order valence-electron chi connectivity index (χ4n) is 1.11. The Kier molecular flexibility index (Phi) is 3.40. The summed E-state index contributed by atoms with van der Waals surface area (Å²) in [5.74, 6) is -0.320. The Morgan fingerprint density at radius 3 is 2.85 bits per heavy atom. The normalized spacial score (nSPS) is 14.9. The molecule has 0 aliphatic carbocycles. The Morgan fingerprint density at radius 2 is 2.46 bits per heavy atom. The van der Waals surface area contributed by atoms with E-state index in [4.69, 9.17) is 5.26 Å². The zero-order valence-corrected chi connectivity index (χ0v) is 8.51. The molecule has 70 valence electrons. The number of nitriles is 1. The summed E-state index contributed by atoms with van der Waals surface area (Å²) in [6.07, 6.45) is -0.0181. The number of aliphatic hydroxyl groups is 1. The molecular formula is C9H12N2OS. The highest BCUT2D eigenvalue weighted by molar-refractivity contribution is 7.05. The maximum absolute atomic E-state index is 9.74. The van der Waals surface area contributed by atoms with Crippen LogP contribution in [0.25, 0.3) is 0 Å². The SMILES string of the molecule is CCC(C#N)C(O)c1cc(C)ns1. The fourth-order valence-corrected chi connectivity index (χ4v) is 1.90. The van der Waals surface area contributed by atoms with Crippen molar-refractivity contribution in [1.82, 2.24) is 4.37 Å². The Morgan fingerprint density at radius 1 is 1.77 bits per heavy atom. The summed E-state index contributed by atoms with van der Waals surface area (Å²) < 4.78 is 4.06. The first kappa shape index (κ1) is 10.2. The predicted molar refractivity (Wildman–Crippen MR) is 51.2 cm³/mol. The Bertz CT molecular complexity index is 316. The third-order valence-electron chi connectivity index (χ3n) is 1.92. The second-order valence-corrected chi connectivity index (χ2v) is 3.80. The summed E-state index contributed by atoms with van der Waals surface area (Å²) >= 11 is 1.27. The van der Waals surface area contributed by atoms with Gasteiger partial charge in [-0.05, 0) is 30.9 Å². The molecule has 0 aliphatic heterocycles. The van der Waals surface area contributed by atoms with Gasteiger partial charge in [-0.2, -0.15) is 9.64 Å². The van der Waals surface area contributed by atoms with Crippen LogP contribution in [0.3, 0.4) is 0 Å². The summed E-state index contributed by atoms with van der Waals surface area (Å²) in [5, 5.41) is 18.5. The lowest BCUT2D eigenvalue weighted by molar-refractivity contribution is 0.136. The summed E-state index contributed by atoms with van der Waals surface area (Å²) in [5.41, 5.74) is 0.895. The lowest BCUT2D eigenvalue weighted by atomic mass is 10.00. The highest BCUT2D eigenvalue weighted by Crippen LogP contribution is 2.27. The molecule has 13 heavy (non-hydrogen) atoms. The molecule has 0 aliphatic rings. The van der Waals surface area contributed by atoms with Crippen LogP contribution in [0.2, 0.25) is 0 Å². The van der Waals surface area contributed by atoms with E-state index in [0.717, 1.165) is 10.6 Å². The molecule has 1 aromatic heterocycles. The molecular weight excluding hydrogens is 184 g/mol. The molecule has 0 saturated heterocycles. The minimum absolute atomic E-state index is 0.320. The zero-order chi connectivity index (χ0) is 9.84. The number of aliphatic hydroxyl groups excluding tert-OH is 1. The number of hydrogen-bond donors (Lipinski definition) is 1. The van der Waals surface area contributed by atoms with Crippen molar-refractivity contribution in [2.75, 3.05) is 0 Å². The monoisotopic (exact) mass is 196 g/mol. The first-order valence-electron chi connectivity index (χ1n) is 4.20. The van der Waals surface area contributed by atoms with E-state index in [2.05, 4.69) is 10.4 Å². The van der Waals surface area contributed by atoms with Gasteiger partial charge in [0.25, 0.3) is 0 Å². The third-order valence-corrected chi connectivity index (χ3v) is 2.87. The van der Waals surface area contributed by atoms with Gasteiger partial charge >= 0.3 is 0 Å². The molecule has 0 amide bonds. The van der Waals surface area contributed by atoms with E-state index in [1.807, 2.05) is 19.9 Å². The van der Waals surface area contributed by atoms with Crippen LogP contribution in [0.15, 0.2) is 6.07 Å². The van der Waals surface area contributed by atoms with Crippen molar-refractivity contribution in [1.29, 1.82) is 5.26 Å². The summed E-state index contributed by atoms with van der Waals surface area (Å²) in [4.78, 5) is 0.783. The number of aromatic nitrogens is 1. The number of hydrogen-bond acceptors (Lipinski definition) is 4. The van der Waals surface area contributed by atoms with Gasteiger partial charge in [0.05, 0.1) is 22.6 Å². The molecule has 0 aromatic carbocycles. The quantitative estimate of drug-likeness (QED) is 0.804. The zero-order valence-electron chi connectivity index (χ0n) is 7.69. The number of rotatable bonds is 3. The van der Waals surface area contributed by atoms with Crippen LogP contribution in [0, 0.1) is 24.2 Å². The second kappa shape index (κ2) is 4.35. The standard InChI is InChI=1S/C9H12N2OS/c1-3-7(5-10)9(12)8-4-6(2)11-13-8/h4,7,9,12H,3H2,1-2H3. The van der Waals surface area contributed by atoms with Crippen LogP contribution in [0.1, 0.15) is 30.0 Å². The highest BCUT2D eigenvalue weighted by Gasteiger charge is 2.20. The maximum atomic E-state index is 9.74. The van der Waals surface area contributed by atoms with Crippen LogP contribution in [-0.2, 0) is 0 Å². The minimum atomic E-state index is -0.679. The van der Waals surface area contributed by atoms with Crippen molar-refractivity contribution in [3.63, 3.8) is 0 Å². The van der Waals surface area contributed by atoms with Crippen molar-refractivity contribution in [2.45, 2.75) is 26.4 Å². The van der Waals surface area contributed by atoms with Gasteiger partial charge in [0, 0.05) is 0 Å². The predicted octanol–water partition coefficient (Wildman–Crippen LogP) is 2.03. The van der Waals surface area contributed by atoms with Crippen LogP contribution >= 0.6 is 11.5 Å². The van der Waals surface area contributed by atoms with Crippen LogP contribution < -0.4 is 0 Å². The van der Waals surface area contributed by atoms with Crippen LogP contribution in [0.4, 0.5) is 0 Å². The topological polar surface area (TPSA) is 56.9 Å². The first-order valence-corrected chi connectivity index (χ1v) is 4.97. The Hall–Kier alpha value is -0.920. The summed E-state index contributed by atoms with van der Waals surface area (Å²) in [6.45, 7) is 3.77. The van der Waals surface area contributed by atoms with E-state index in [9.17, 15) is 5.11 Å². The molecule has 2 atom stereocenters. The van der Waals surface area contributed by atoms with Gasteiger partial charge in [-0.3, -0.25) is 0 Å². The van der Waals surface area contributed by atoms with E-state index in [1.54, 1.807) is 0 Å². The lowest BCUT2D eigenvalue weighted by Crippen LogP contribution is -2.07. The fraction of sp³-hybridized carbons (Fsp3) is 0.556. The van der Waals surface area contributed by atoms with Gasteiger partial charge in [-0.25, -0.2) is 0 Å². The molecule has 2 unspecified atom stereocenters. The van der Waals surface area contributed by atoms with E-state index in [-0.39, 0.29) is 5.92 Å². The van der Waals surface area contributed by atoms with Crippen LogP contribution in [-0.4, -0.2) is 9.48 Å². The molecule has 0 fully saturated rings. The van der Waals surface area contributed by atoms with E-state index in [0.29, 0.717) is 6.42 Å². The van der Waals surface area contributed by atoms with Gasteiger partial charge < -0.3 is 5.11 Å². The van der Waals surface area contributed by atoms with Gasteiger partial charge in [-0.1, -0.05) is 6.92 Å². The van der Waals surface area contributed by atoms with E-state index in [1.165, 1.54) is 11.5 Å². The van der Waals surface area contributed by atoms with Crippen LogP contribution in [0.5, 0.6) is 0 Å². The average molecular weight is 196 g/mol. The molecule has 0 spiro atoms. The molecule has 1 aromatic rings. The van der Waals surface area contributed by atoms with Gasteiger partial charge in [-0.15, -0.1) is 0 Å². The molecule has 1 heterocycles. The van der Waals surface area contributed by atoms with Crippen molar-refractivity contribution in [3.8, 4) is 6.07 Å². The van der Waals surface area contributed by atoms with Crippen molar-refractivity contribution < 1.29 is 5.11 Å². The number of nitrogens with zero attached hydrogens (tertiary/aromatic N) is 2. The molecule has 0 saturated carbocycles. The van der Waals surface area contributed by atoms with Gasteiger partial charge in [0.2, 0.25) is 0 Å². The van der Waals surface area contributed by atoms with Crippen molar-refractivity contribution in [2.24, 2.45) is 5.92 Å². The maximum Gasteiger partial charge on any atom is 0.106 e. The largest absolute Gasteiger partial charge is 0.386 e. The molecule has 4 heteroatoms. The lowest BCUT2D eigenvalue weighted by Gasteiger charge is -2.11. The molecule has 1 rings (SSSR count). The molecule has 0 bridgehead atoms. The molecule has 0 radical (unpaired) electrons. The smallest absolute Gasteiger partial charge is 0.106 e.